The SMILES string of the molecule is Cn1ccc(CNC2CCCOCC2)n1. The minimum Gasteiger partial charge on any atom is -0.381 e. The number of nitrogens with zero attached hydrogens (tertiary/aromatic N) is 2. The van der Waals surface area contributed by atoms with E-state index >= 15 is 0 Å². The Labute approximate surface area is 90.6 Å². The second kappa shape index (κ2) is 5.28. The molecule has 0 bridgehead atoms. The molecule has 84 valence electrons. The molecule has 0 spiro atoms. The van der Waals surface area contributed by atoms with Crippen LogP contribution in [-0.4, -0.2) is 29.0 Å². The van der Waals surface area contributed by atoms with Crippen molar-refractivity contribution in [3.63, 3.8) is 0 Å². The number of aryl methyl sites for hydroxylation is 1. The average molecular weight is 209 g/mol. The summed E-state index contributed by atoms with van der Waals surface area (Å²) in [5.41, 5.74) is 1.11. The molecule has 1 aromatic heterocycles. The van der Waals surface area contributed by atoms with E-state index in [1.165, 1.54) is 12.8 Å². The van der Waals surface area contributed by atoms with Gasteiger partial charge < -0.3 is 10.1 Å². The predicted octanol–water partition coefficient (Wildman–Crippen LogP) is 1.08. The number of hydrogen-bond acceptors (Lipinski definition) is 3. The zero-order valence-electron chi connectivity index (χ0n) is 9.28. The second-order valence-electron chi connectivity index (χ2n) is 4.10. The van der Waals surface area contributed by atoms with Crippen molar-refractivity contribution in [2.75, 3.05) is 13.2 Å². The standard InChI is InChI=1S/C11H19N3O/c1-14-6-4-11(13-14)9-12-10-3-2-7-15-8-5-10/h4,6,10,12H,2-3,5,7-9H2,1H3. The van der Waals surface area contributed by atoms with Gasteiger partial charge in [0.1, 0.15) is 0 Å². The highest BCUT2D eigenvalue weighted by Gasteiger charge is 2.11. The molecule has 1 saturated heterocycles. The van der Waals surface area contributed by atoms with Crippen LogP contribution in [0.25, 0.3) is 0 Å². The van der Waals surface area contributed by atoms with Gasteiger partial charge in [0.2, 0.25) is 0 Å². The molecule has 1 aliphatic heterocycles. The summed E-state index contributed by atoms with van der Waals surface area (Å²) in [4.78, 5) is 0. The summed E-state index contributed by atoms with van der Waals surface area (Å²) in [7, 11) is 1.95. The van der Waals surface area contributed by atoms with Gasteiger partial charge in [0.05, 0.1) is 5.69 Å². The summed E-state index contributed by atoms with van der Waals surface area (Å²) in [6.45, 7) is 2.67. The van der Waals surface area contributed by atoms with Crippen LogP contribution < -0.4 is 5.32 Å². The minimum atomic E-state index is 0.592. The predicted molar refractivity (Wildman–Crippen MR) is 58.5 cm³/mol. The smallest absolute Gasteiger partial charge is 0.0762 e. The van der Waals surface area contributed by atoms with Gasteiger partial charge in [0.15, 0.2) is 0 Å². The van der Waals surface area contributed by atoms with Crippen LogP contribution in [0.15, 0.2) is 12.3 Å². The molecule has 0 aromatic carbocycles. The highest BCUT2D eigenvalue weighted by Crippen LogP contribution is 2.08. The van der Waals surface area contributed by atoms with Gasteiger partial charge in [-0.15, -0.1) is 0 Å². The first-order valence-corrected chi connectivity index (χ1v) is 5.64. The maximum atomic E-state index is 5.42. The molecule has 1 aromatic rings. The Kier molecular flexibility index (Phi) is 3.75. The number of nitrogens with one attached hydrogen (secondary N) is 1. The lowest BCUT2D eigenvalue weighted by Gasteiger charge is -2.14. The monoisotopic (exact) mass is 209 g/mol. The van der Waals surface area contributed by atoms with Crippen molar-refractivity contribution in [1.29, 1.82) is 0 Å². The second-order valence-corrected chi connectivity index (χ2v) is 4.10. The lowest BCUT2D eigenvalue weighted by Crippen LogP contribution is -2.28. The number of hydrogen-bond donors (Lipinski definition) is 1. The van der Waals surface area contributed by atoms with Crippen molar-refractivity contribution in [1.82, 2.24) is 15.1 Å². The van der Waals surface area contributed by atoms with Crippen LogP contribution in [0.1, 0.15) is 25.0 Å². The molecule has 4 nitrogen and oxygen atoms in total. The van der Waals surface area contributed by atoms with Gasteiger partial charge in [-0.2, -0.15) is 5.10 Å². The molecule has 1 unspecified atom stereocenters. The zero-order valence-corrected chi connectivity index (χ0v) is 9.28. The molecular weight excluding hydrogens is 190 g/mol. The molecule has 2 heterocycles. The first-order chi connectivity index (χ1) is 7.34. The largest absolute Gasteiger partial charge is 0.381 e. The van der Waals surface area contributed by atoms with Crippen LogP contribution in [0.2, 0.25) is 0 Å². The normalized spacial score (nSPS) is 22.6. The van der Waals surface area contributed by atoms with Crippen LogP contribution in [0.3, 0.4) is 0 Å². The highest BCUT2D eigenvalue weighted by molar-refractivity contribution is 4.98. The third-order valence-electron chi connectivity index (χ3n) is 2.79. The summed E-state index contributed by atoms with van der Waals surface area (Å²) < 4.78 is 7.26. The van der Waals surface area contributed by atoms with E-state index in [1.54, 1.807) is 0 Å². The quantitative estimate of drug-likeness (QED) is 0.809. The van der Waals surface area contributed by atoms with Gasteiger partial charge in [0, 0.05) is 39.0 Å². The van der Waals surface area contributed by atoms with Gasteiger partial charge in [-0.1, -0.05) is 0 Å². The van der Waals surface area contributed by atoms with Crippen LogP contribution >= 0.6 is 0 Å². The summed E-state index contributed by atoms with van der Waals surface area (Å²) >= 11 is 0. The van der Waals surface area contributed by atoms with E-state index in [0.717, 1.165) is 31.9 Å². The van der Waals surface area contributed by atoms with Crippen molar-refractivity contribution < 1.29 is 4.74 Å². The van der Waals surface area contributed by atoms with Gasteiger partial charge in [-0.3, -0.25) is 4.68 Å². The Balaban J connectivity index is 1.76. The van der Waals surface area contributed by atoms with Gasteiger partial charge in [-0.05, 0) is 25.3 Å². The van der Waals surface area contributed by atoms with Crippen molar-refractivity contribution in [3.8, 4) is 0 Å². The Bertz CT molecular complexity index is 290. The van der Waals surface area contributed by atoms with Crippen molar-refractivity contribution in [2.45, 2.75) is 31.8 Å². The van der Waals surface area contributed by atoms with E-state index in [2.05, 4.69) is 16.5 Å². The van der Waals surface area contributed by atoms with Crippen LogP contribution in [0.5, 0.6) is 0 Å². The zero-order chi connectivity index (χ0) is 10.5. The number of ether oxygens (including phenoxy) is 1. The molecule has 2 rings (SSSR count). The first kappa shape index (κ1) is 10.6. The van der Waals surface area contributed by atoms with Crippen molar-refractivity contribution >= 4 is 0 Å². The summed E-state index contributed by atoms with van der Waals surface area (Å²) in [5, 5.41) is 7.88. The number of rotatable bonds is 3. The Morgan fingerprint density at radius 3 is 3.27 bits per heavy atom. The molecule has 0 aliphatic carbocycles. The van der Waals surface area contributed by atoms with Crippen LogP contribution in [-0.2, 0) is 18.3 Å². The van der Waals surface area contributed by atoms with E-state index < -0.39 is 0 Å². The van der Waals surface area contributed by atoms with Crippen molar-refractivity contribution in [3.05, 3.63) is 18.0 Å². The van der Waals surface area contributed by atoms with E-state index in [-0.39, 0.29) is 0 Å². The minimum absolute atomic E-state index is 0.592. The fourth-order valence-electron chi connectivity index (χ4n) is 1.91. The molecule has 15 heavy (non-hydrogen) atoms. The highest BCUT2D eigenvalue weighted by atomic mass is 16.5. The fraction of sp³-hybridized carbons (Fsp3) is 0.727. The van der Waals surface area contributed by atoms with Crippen LogP contribution in [0.4, 0.5) is 0 Å². The van der Waals surface area contributed by atoms with E-state index in [9.17, 15) is 0 Å². The topological polar surface area (TPSA) is 39.1 Å². The van der Waals surface area contributed by atoms with Gasteiger partial charge in [-0.25, -0.2) is 0 Å². The molecule has 0 radical (unpaired) electrons. The third kappa shape index (κ3) is 3.32. The molecule has 1 fully saturated rings. The van der Waals surface area contributed by atoms with E-state index in [4.69, 9.17) is 4.74 Å². The molecule has 1 aliphatic rings. The lowest BCUT2D eigenvalue weighted by atomic mass is 10.1. The molecule has 1 N–H and O–H groups in total. The summed E-state index contributed by atoms with van der Waals surface area (Å²) in [6.07, 6.45) is 5.48. The summed E-state index contributed by atoms with van der Waals surface area (Å²) in [5.74, 6) is 0. The fourth-order valence-corrected chi connectivity index (χ4v) is 1.91. The van der Waals surface area contributed by atoms with Crippen molar-refractivity contribution in [2.24, 2.45) is 7.05 Å². The third-order valence-corrected chi connectivity index (χ3v) is 2.79. The molecular formula is C11H19N3O. The Morgan fingerprint density at radius 1 is 1.53 bits per heavy atom. The Hall–Kier alpha value is -0.870. The van der Waals surface area contributed by atoms with Crippen LogP contribution in [0, 0.1) is 0 Å². The number of aromatic nitrogens is 2. The van der Waals surface area contributed by atoms with Gasteiger partial charge in [0.25, 0.3) is 0 Å². The maximum absolute atomic E-state index is 5.42. The average Bonchev–Trinajstić information content (AvgIpc) is 2.52. The maximum Gasteiger partial charge on any atom is 0.0762 e. The van der Waals surface area contributed by atoms with Gasteiger partial charge >= 0.3 is 0 Å². The summed E-state index contributed by atoms with van der Waals surface area (Å²) in [6, 6.07) is 2.65. The van der Waals surface area contributed by atoms with E-state index in [0.29, 0.717) is 6.04 Å². The molecule has 1 atom stereocenters. The molecule has 0 amide bonds. The lowest BCUT2D eigenvalue weighted by molar-refractivity contribution is 0.142. The Morgan fingerprint density at radius 2 is 2.47 bits per heavy atom. The molecule has 4 heteroatoms. The first-order valence-electron chi connectivity index (χ1n) is 5.64. The molecule has 0 saturated carbocycles. The van der Waals surface area contributed by atoms with E-state index in [1.807, 2.05) is 17.9 Å².